The second kappa shape index (κ2) is 6.49. The zero-order valence-corrected chi connectivity index (χ0v) is 14.6. The minimum absolute atomic E-state index is 0.166. The van der Waals surface area contributed by atoms with E-state index in [0.29, 0.717) is 10.6 Å². The Labute approximate surface area is 146 Å². The first kappa shape index (κ1) is 16.3. The predicted molar refractivity (Wildman–Crippen MR) is 97.2 cm³/mol. The molecular formula is C19H18ClN3O. The number of amides is 1. The standard InChI is InChI=1S/C19H18ClN3O/c1-12-11-13(2)23(22-12)16-9-7-15(8-10-16)19(24)21-18-6-4-5-17(20)14(18)3/h4-11H,1-3H3,(H,21,24). The first-order valence-electron chi connectivity index (χ1n) is 7.66. The summed E-state index contributed by atoms with van der Waals surface area (Å²) in [6.07, 6.45) is 0. The van der Waals surface area contributed by atoms with E-state index < -0.39 is 0 Å². The number of benzene rings is 2. The van der Waals surface area contributed by atoms with Crippen LogP contribution in [-0.4, -0.2) is 15.7 Å². The van der Waals surface area contributed by atoms with E-state index in [4.69, 9.17) is 11.6 Å². The summed E-state index contributed by atoms with van der Waals surface area (Å²) >= 11 is 6.09. The zero-order valence-electron chi connectivity index (χ0n) is 13.8. The topological polar surface area (TPSA) is 46.9 Å². The molecule has 0 bridgehead atoms. The van der Waals surface area contributed by atoms with E-state index in [2.05, 4.69) is 10.4 Å². The molecule has 4 nitrogen and oxygen atoms in total. The molecule has 24 heavy (non-hydrogen) atoms. The highest BCUT2D eigenvalue weighted by atomic mass is 35.5. The average Bonchev–Trinajstić information content (AvgIpc) is 2.90. The van der Waals surface area contributed by atoms with Crippen molar-refractivity contribution in [2.75, 3.05) is 5.32 Å². The molecule has 0 aliphatic rings. The number of nitrogens with one attached hydrogen (secondary N) is 1. The van der Waals surface area contributed by atoms with Crippen LogP contribution in [0.15, 0.2) is 48.5 Å². The Morgan fingerprint density at radius 3 is 2.42 bits per heavy atom. The molecule has 1 amide bonds. The number of rotatable bonds is 3. The maximum Gasteiger partial charge on any atom is 0.255 e. The number of anilines is 1. The van der Waals surface area contributed by atoms with Gasteiger partial charge in [0.15, 0.2) is 0 Å². The van der Waals surface area contributed by atoms with Gasteiger partial charge in [0.25, 0.3) is 5.91 Å². The second-order valence-electron chi connectivity index (χ2n) is 5.75. The maximum absolute atomic E-state index is 12.4. The van der Waals surface area contributed by atoms with Crippen LogP contribution in [-0.2, 0) is 0 Å². The average molecular weight is 340 g/mol. The molecule has 3 aromatic rings. The van der Waals surface area contributed by atoms with Crippen molar-refractivity contribution in [3.8, 4) is 5.69 Å². The minimum atomic E-state index is -0.166. The molecule has 0 saturated carbocycles. The lowest BCUT2D eigenvalue weighted by molar-refractivity contribution is 0.102. The van der Waals surface area contributed by atoms with E-state index in [9.17, 15) is 4.79 Å². The van der Waals surface area contributed by atoms with Gasteiger partial charge >= 0.3 is 0 Å². The molecule has 2 aromatic carbocycles. The zero-order chi connectivity index (χ0) is 17.3. The lowest BCUT2D eigenvalue weighted by atomic mass is 10.1. The molecule has 0 fully saturated rings. The third kappa shape index (κ3) is 3.19. The van der Waals surface area contributed by atoms with Gasteiger partial charge in [-0.3, -0.25) is 4.79 Å². The Kier molecular flexibility index (Phi) is 4.40. The van der Waals surface area contributed by atoms with Crippen molar-refractivity contribution in [1.82, 2.24) is 9.78 Å². The Bertz CT molecular complexity index is 897. The molecule has 0 saturated heterocycles. The molecule has 0 aliphatic heterocycles. The van der Waals surface area contributed by atoms with Gasteiger partial charge in [0.05, 0.1) is 11.4 Å². The van der Waals surface area contributed by atoms with Crippen LogP contribution in [0.25, 0.3) is 5.69 Å². The van der Waals surface area contributed by atoms with Crippen LogP contribution in [0.5, 0.6) is 0 Å². The molecule has 1 N–H and O–H groups in total. The van der Waals surface area contributed by atoms with E-state index in [1.807, 2.05) is 55.8 Å². The Hall–Kier alpha value is -2.59. The first-order valence-corrected chi connectivity index (χ1v) is 8.03. The Balaban J connectivity index is 1.81. The molecule has 3 rings (SSSR count). The lowest BCUT2D eigenvalue weighted by Gasteiger charge is -2.10. The number of aromatic nitrogens is 2. The van der Waals surface area contributed by atoms with Crippen LogP contribution in [0.2, 0.25) is 5.02 Å². The normalized spacial score (nSPS) is 10.7. The quantitative estimate of drug-likeness (QED) is 0.751. The highest BCUT2D eigenvalue weighted by molar-refractivity contribution is 6.31. The van der Waals surface area contributed by atoms with E-state index in [-0.39, 0.29) is 5.91 Å². The molecule has 1 aromatic heterocycles. The SMILES string of the molecule is Cc1cc(C)n(-c2ccc(C(=O)Nc3cccc(Cl)c3C)cc2)n1. The van der Waals surface area contributed by atoms with Crippen LogP contribution < -0.4 is 5.32 Å². The van der Waals surface area contributed by atoms with Gasteiger partial charge < -0.3 is 5.32 Å². The van der Waals surface area contributed by atoms with Crippen molar-refractivity contribution in [3.05, 3.63) is 76.1 Å². The maximum atomic E-state index is 12.4. The Morgan fingerprint density at radius 1 is 1.08 bits per heavy atom. The number of carbonyl (C=O) groups excluding carboxylic acids is 1. The summed E-state index contributed by atoms with van der Waals surface area (Å²) in [4.78, 5) is 12.4. The van der Waals surface area contributed by atoms with Gasteiger partial charge in [-0.15, -0.1) is 0 Å². The summed E-state index contributed by atoms with van der Waals surface area (Å²) in [5.41, 5.74) is 5.10. The summed E-state index contributed by atoms with van der Waals surface area (Å²) in [6.45, 7) is 5.84. The van der Waals surface area contributed by atoms with Crippen molar-refractivity contribution in [1.29, 1.82) is 0 Å². The van der Waals surface area contributed by atoms with Crippen LogP contribution in [0.3, 0.4) is 0 Å². The van der Waals surface area contributed by atoms with Crippen LogP contribution in [0, 0.1) is 20.8 Å². The van der Waals surface area contributed by atoms with Gasteiger partial charge in [0.2, 0.25) is 0 Å². The highest BCUT2D eigenvalue weighted by Gasteiger charge is 2.10. The number of hydrogen-bond donors (Lipinski definition) is 1. The fourth-order valence-electron chi connectivity index (χ4n) is 2.58. The molecular weight excluding hydrogens is 322 g/mol. The molecule has 0 aliphatic carbocycles. The van der Waals surface area contributed by atoms with E-state index in [0.717, 1.165) is 28.3 Å². The smallest absolute Gasteiger partial charge is 0.255 e. The number of halogens is 1. The highest BCUT2D eigenvalue weighted by Crippen LogP contribution is 2.23. The third-order valence-corrected chi connectivity index (χ3v) is 4.31. The van der Waals surface area contributed by atoms with E-state index >= 15 is 0 Å². The molecule has 0 atom stereocenters. The van der Waals surface area contributed by atoms with Crippen molar-refractivity contribution in [2.24, 2.45) is 0 Å². The summed E-state index contributed by atoms with van der Waals surface area (Å²) in [5, 5.41) is 7.97. The second-order valence-corrected chi connectivity index (χ2v) is 6.16. The van der Waals surface area contributed by atoms with E-state index in [1.165, 1.54) is 0 Å². The van der Waals surface area contributed by atoms with Crippen molar-refractivity contribution >= 4 is 23.2 Å². The summed E-state index contributed by atoms with van der Waals surface area (Å²) < 4.78 is 1.86. The molecule has 0 unspecified atom stereocenters. The fourth-order valence-corrected chi connectivity index (χ4v) is 2.76. The summed E-state index contributed by atoms with van der Waals surface area (Å²) in [7, 11) is 0. The Morgan fingerprint density at radius 2 is 1.79 bits per heavy atom. The molecule has 0 spiro atoms. The van der Waals surface area contributed by atoms with Crippen molar-refractivity contribution < 1.29 is 4.79 Å². The third-order valence-electron chi connectivity index (χ3n) is 3.90. The van der Waals surface area contributed by atoms with E-state index in [1.54, 1.807) is 18.2 Å². The number of hydrogen-bond acceptors (Lipinski definition) is 2. The number of carbonyl (C=O) groups is 1. The predicted octanol–water partition coefficient (Wildman–Crippen LogP) is 4.70. The minimum Gasteiger partial charge on any atom is -0.322 e. The van der Waals surface area contributed by atoms with Crippen molar-refractivity contribution in [2.45, 2.75) is 20.8 Å². The summed E-state index contributed by atoms with van der Waals surface area (Å²) in [6, 6.07) is 14.8. The number of nitrogens with zero attached hydrogens (tertiary/aromatic N) is 2. The van der Waals surface area contributed by atoms with Crippen LogP contribution >= 0.6 is 11.6 Å². The van der Waals surface area contributed by atoms with Gasteiger partial charge in [0, 0.05) is 22.0 Å². The number of aryl methyl sites for hydroxylation is 2. The lowest BCUT2D eigenvalue weighted by Crippen LogP contribution is -2.13. The van der Waals surface area contributed by atoms with Gasteiger partial charge in [-0.2, -0.15) is 5.10 Å². The first-order chi connectivity index (χ1) is 11.5. The van der Waals surface area contributed by atoms with Gasteiger partial charge in [-0.05, 0) is 68.8 Å². The summed E-state index contributed by atoms with van der Waals surface area (Å²) in [5.74, 6) is -0.166. The van der Waals surface area contributed by atoms with Crippen molar-refractivity contribution in [3.63, 3.8) is 0 Å². The molecule has 0 radical (unpaired) electrons. The van der Waals surface area contributed by atoms with Crippen LogP contribution in [0.1, 0.15) is 27.3 Å². The monoisotopic (exact) mass is 339 g/mol. The largest absolute Gasteiger partial charge is 0.322 e. The van der Waals surface area contributed by atoms with Crippen LogP contribution in [0.4, 0.5) is 5.69 Å². The molecule has 5 heteroatoms. The molecule has 122 valence electrons. The fraction of sp³-hybridized carbons (Fsp3) is 0.158. The van der Waals surface area contributed by atoms with Gasteiger partial charge in [-0.1, -0.05) is 17.7 Å². The molecule has 1 heterocycles. The van der Waals surface area contributed by atoms with Gasteiger partial charge in [0.1, 0.15) is 0 Å². The van der Waals surface area contributed by atoms with Gasteiger partial charge in [-0.25, -0.2) is 4.68 Å².